The van der Waals surface area contributed by atoms with Gasteiger partial charge in [0.15, 0.2) is 8.32 Å². The van der Waals surface area contributed by atoms with E-state index in [1.165, 1.54) is 0 Å². The second-order valence-corrected chi connectivity index (χ2v) is 13.8. The van der Waals surface area contributed by atoms with E-state index in [9.17, 15) is 10.0 Å². The number of nitrogens with zero attached hydrogens (tertiary/aromatic N) is 2. The van der Waals surface area contributed by atoms with Gasteiger partial charge in [-0.2, -0.15) is 5.10 Å². The third-order valence-corrected chi connectivity index (χ3v) is 10.1. The van der Waals surface area contributed by atoms with Gasteiger partial charge in [-0.15, -0.1) is 0 Å². The van der Waals surface area contributed by atoms with Crippen LogP contribution < -0.4 is 10.2 Å². The van der Waals surface area contributed by atoms with Crippen LogP contribution in [0.1, 0.15) is 27.7 Å². The molecule has 1 heterocycles. The summed E-state index contributed by atoms with van der Waals surface area (Å²) < 4.78 is 14.5. The van der Waals surface area contributed by atoms with Crippen molar-refractivity contribution in [3.05, 3.63) is 35.1 Å². The van der Waals surface area contributed by atoms with Crippen molar-refractivity contribution in [1.82, 2.24) is 9.78 Å². The number of benzene rings is 1. The van der Waals surface area contributed by atoms with Crippen LogP contribution in [0.15, 0.2) is 35.1 Å². The Labute approximate surface area is 170 Å². The summed E-state index contributed by atoms with van der Waals surface area (Å²) in [4.78, 5) is 0. The van der Waals surface area contributed by atoms with Gasteiger partial charge < -0.3 is 19.2 Å². The predicted octanol–water partition coefficient (Wildman–Crippen LogP) is 3.10. The summed E-state index contributed by atoms with van der Waals surface area (Å²) in [5.74, 6) is 0.593. The van der Waals surface area contributed by atoms with Crippen molar-refractivity contribution < 1.29 is 19.2 Å². The van der Waals surface area contributed by atoms with E-state index in [1.807, 2.05) is 6.92 Å². The minimum absolute atomic E-state index is 0.0611. The molecule has 1 aromatic heterocycles. The summed E-state index contributed by atoms with van der Waals surface area (Å²) in [6.07, 6.45) is 3.31. The lowest BCUT2D eigenvalue weighted by Gasteiger charge is -2.38. The first-order valence-electron chi connectivity index (χ1n) is 8.92. The highest BCUT2D eigenvalue weighted by atomic mass is 79.9. The molecule has 0 bridgehead atoms. The van der Waals surface area contributed by atoms with Crippen LogP contribution in [-0.4, -0.2) is 48.0 Å². The fourth-order valence-corrected chi connectivity index (χ4v) is 4.31. The number of aromatic nitrogens is 2. The number of halogens is 1. The lowest BCUT2D eigenvalue weighted by molar-refractivity contribution is 0.129. The van der Waals surface area contributed by atoms with E-state index >= 15 is 0 Å². The smallest absolute Gasteiger partial charge is 0.490 e. The van der Waals surface area contributed by atoms with Gasteiger partial charge in [-0.05, 0) is 53.1 Å². The Kier molecular flexibility index (Phi) is 6.96. The number of rotatable bonds is 7. The molecular formula is C18H28BBrN2O4Si. The topological polar surface area (TPSA) is 76.7 Å². The first kappa shape index (κ1) is 22.2. The van der Waals surface area contributed by atoms with Crippen LogP contribution in [0.25, 0.3) is 5.69 Å². The second-order valence-electron chi connectivity index (χ2n) is 8.17. The van der Waals surface area contributed by atoms with Crippen LogP contribution >= 0.6 is 15.9 Å². The zero-order chi connectivity index (χ0) is 20.4. The first-order chi connectivity index (χ1) is 12.4. The second kappa shape index (κ2) is 8.48. The van der Waals surface area contributed by atoms with E-state index < -0.39 is 15.4 Å². The molecule has 0 aliphatic heterocycles. The van der Waals surface area contributed by atoms with Gasteiger partial charge in [-0.1, -0.05) is 20.8 Å². The predicted molar refractivity (Wildman–Crippen MR) is 114 cm³/mol. The monoisotopic (exact) mass is 454 g/mol. The maximum atomic E-state index is 9.68. The van der Waals surface area contributed by atoms with E-state index in [1.54, 1.807) is 35.3 Å². The fraction of sp³-hybridized carbons (Fsp3) is 0.500. The van der Waals surface area contributed by atoms with Crippen molar-refractivity contribution in [2.45, 2.75) is 51.9 Å². The summed E-state index contributed by atoms with van der Waals surface area (Å²) in [6.45, 7) is 13.5. The molecule has 0 radical (unpaired) electrons. The van der Waals surface area contributed by atoms with Gasteiger partial charge in [-0.25, -0.2) is 4.68 Å². The SMILES string of the molecule is CC(COc1cc(-n2cccn2)c(B(O)O)cc1Br)O[Si](C)(C)C(C)(C)C. The van der Waals surface area contributed by atoms with Gasteiger partial charge in [0.25, 0.3) is 0 Å². The molecule has 27 heavy (non-hydrogen) atoms. The van der Waals surface area contributed by atoms with Crippen LogP contribution in [0.4, 0.5) is 0 Å². The van der Waals surface area contributed by atoms with E-state index in [2.05, 4.69) is 54.9 Å². The molecule has 2 N–H and O–H groups in total. The van der Waals surface area contributed by atoms with E-state index in [0.717, 1.165) is 0 Å². The van der Waals surface area contributed by atoms with Crippen molar-refractivity contribution in [2.75, 3.05) is 6.61 Å². The molecule has 1 unspecified atom stereocenters. The van der Waals surface area contributed by atoms with E-state index in [4.69, 9.17) is 9.16 Å². The molecule has 0 aliphatic rings. The average molecular weight is 455 g/mol. The summed E-state index contributed by atoms with van der Waals surface area (Å²) in [5.41, 5.74) is 0.884. The Bertz CT molecular complexity index is 763. The van der Waals surface area contributed by atoms with E-state index in [-0.39, 0.29) is 11.1 Å². The standard InChI is InChI=1S/C18H28BBrN2O4Si/c1-13(26-27(5,6)18(2,3)4)12-25-17-11-16(22-9-7-8-21-22)14(19(23)24)10-15(17)20/h7-11,13,23-24H,12H2,1-6H3. The van der Waals surface area contributed by atoms with Crippen LogP contribution in [0, 0.1) is 0 Å². The zero-order valence-corrected chi connectivity index (χ0v) is 19.3. The zero-order valence-electron chi connectivity index (χ0n) is 16.7. The highest BCUT2D eigenvalue weighted by molar-refractivity contribution is 9.10. The maximum absolute atomic E-state index is 9.68. The van der Waals surface area contributed by atoms with Gasteiger partial charge in [0.1, 0.15) is 12.4 Å². The number of ether oxygens (including phenoxy) is 1. The molecule has 148 valence electrons. The highest BCUT2D eigenvalue weighted by Gasteiger charge is 2.38. The molecule has 0 saturated heterocycles. The molecule has 0 spiro atoms. The molecule has 2 rings (SSSR count). The van der Waals surface area contributed by atoms with Gasteiger partial charge >= 0.3 is 7.12 Å². The summed E-state index contributed by atoms with van der Waals surface area (Å²) >= 11 is 3.45. The van der Waals surface area contributed by atoms with Crippen molar-refractivity contribution in [2.24, 2.45) is 0 Å². The Morgan fingerprint density at radius 1 is 1.30 bits per heavy atom. The Morgan fingerprint density at radius 2 is 1.96 bits per heavy atom. The molecular weight excluding hydrogens is 427 g/mol. The molecule has 1 aromatic carbocycles. The third kappa shape index (κ3) is 5.45. The van der Waals surface area contributed by atoms with Crippen molar-refractivity contribution >= 4 is 36.8 Å². The lowest BCUT2D eigenvalue weighted by Crippen LogP contribution is -2.44. The highest BCUT2D eigenvalue weighted by Crippen LogP contribution is 2.37. The largest absolute Gasteiger partial charge is 0.490 e. The van der Waals surface area contributed by atoms with Gasteiger partial charge in [0, 0.05) is 23.9 Å². The number of hydrogen-bond donors (Lipinski definition) is 2. The van der Waals surface area contributed by atoms with Crippen LogP contribution in [0.5, 0.6) is 5.75 Å². The third-order valence-electron chi connectivity index (χ3n) is 4.89. The average Bonchev–Trinajstić information content (AvgIpc) is 3.06. The maximum Gasteiger partial charge on any atom is 0.490 e. The van der Waals surface area contributed by atoms with E-state index in [0.29, 0.717) is 28.0 Å². The quantitative estimate of drug-likeness (QED) is 0.628. The summed E-state index contributed by atoms with van der Waals surface area (Å²) in [7, 11) is -3.49. The normalized spacial score (nSPS) is 13.5. The molecule has 6 nitrogen and oxygen atoms in total. The molecule has 0 fully saturated rings. The van der Waals surface area contributed by atoms with Crippen LogP contribution in [0.3, 0.4) is 0 Å². The Hall–Kier alpha value is -1.13. The Balaban J connectivity index is 2.18. The Morgan fingerprint density at radius 3 is 2.48 bits per heavy atom. The van der Waals surface area contributed by atoms with Gasteiger partial charge in [0.2, 0.25) is 0 Å². The van der Waals surface area contributed by atoms with Gasteiger partial charge in [-0.3, -0.25) is 0 Å². The molecule has 0 saturated carbocycles. The minimum Gasteiger partial charge on any atom is -0.490 e. The molecule has 0 aliphatic carbocycles. The van der Waals surface area contributed by atoms with Gasteiger partial charge in [0.05, 0.1) is 16.3 Å². The van der Waals surface area contributed by atoms with Crippen LogP contribution in [0.2, 0.25) is 18.1 Å². The molecule has 0 amide bonds. The van der Waals surface area contributed by atoms with Crippen molar-refractivity contribution in [1.29, 1.82) is 0 Å². The number of hydrogen-bond acceptors (Lipinski definition) is 5. The summed E-state index contributed by atoms with van der Waals surface area (Å²) in [5, 5.41) is 23.7. The lowest BCUT2D eigenvalue weighted by atomic mass is 9.79. The fourth-order valence-electron chi connectivity index (χ4n) is 2.41. The summed E-state index contributed by atoms with van der Waals surface area (Å²) in [6, 6.07) is 5.15. The molecule has 9 heteroatoms. The van der Waals surface area contributed by atoms with Crippen LogP contribution in [-0.2, 0) is 4.43 Å². The molecule has 2 aromatic rings. The van der Waals surface area contributed by atoms with Crippen molar-refractivity contribution in [3.8, 4) is 11.4 Å². The minimum atomic E-state index is -1.87. The molecule has 1 atom stereocenters. The van der Waals surface area contributed by atoms with Crippen molar-refractivity contribution in [3.63, 3.8) is 0 Å². The first-order valence-corrected chi connectivity index (χ1v) is 12.6.